The van der Waals surface area contributed by atoms with Crippen LogP contribution in [0.25, 0.3) is 0 Å². The number of halogens is 1. The first-order valence-electron chi connectivity index (χ1n) is 7.81. The van der Waals surface area contributed by atoms with Gasteiger partial charge in [-0.3, -0.25) is 4.79 Å². The van der Waals surface area contributed by atoms with E-state index in [0.717, 1.165) is 17.6 Å². The average Bonchev–Trinajstić information content (AvgIpc) is 2.35. The summed E-state index contributed by atoms with van der Waals surface area (Å²) in [5, 5.41) is 7.59. The Kier molecular flexibility index (Phi) is 5.12. The molecule has 1 saturated carbocycles. The van der Waals surface area contributed by atoms with Gasteiger partial charge < -0.3 is 5.32 Å². The smallest absolute Gasteiger partial charge is 0.291 e. The normalized spacial score (nSPS) is 16.1. The number of rotatable bonds is 6. The van der Waals surface area contributed by atoms with Crippen molar-refractivity contribution in [2.24, 2.45) is 17.3 Å². The minimum Gasteiger partial charge on any atom is -0.379 e. The second-order valence-electron chi connectivity index (χ2n) is 7.15. The van der Waals surface area contributed by atoms with E-state index in [-0.39, 0.29) is 11.0 Å². The lowest BCUT2D eigenvalue weighted by atomic mass is 9.81. The predicted octanol–water partition coefficient (Wildman–Crippen LogP) is 3.90. The third kappa shape index (κ3) is 3.87. The lowest BCUT2D eigenvalue weighted by Gasteiger charge is -2.30. The van der Waals surface area contributed by atoms with Crippen molar-refractivity contribution in [2.75, 3.05) is 11.9 Å². The van der Waals surface area contributed by atoms with Crippen molar-refractivity contribution in [1.29, 1.82) is 0 Å². The lowest BCUT2D eigenvalue weighted by molar-refractivity contribution is 0.261. The van der Waals surface area contributed by atoms with Crippen LogP contribution in [0.1, 0.15) is 47.0 Å². The number of nitrogens with zero attached hydrogens (tertiary/aromatic N) is 2. The molecule has 1 aliphatic carbocycles. The maximum Gasteiger partial charge on any atom is 0.291 e. The zero-order valence-electron chi connectivity index (χ0n) is 13.4. The van der Waals surface area contributed by atoms with E-state index in [4.69, 9.17) is 0 Å². The molecule has 4 nitrogen and oxygen atoms in total. The number of anilines is 1. The second kappa shape index (κ2) is 6.51. The van der Waals surface area contributed by atoms with Gasteiger partial charge in [-0.2, -0.15) is 5.10 Å². The summed E-state index contributed by atoms with van der Waals surface area (Å²) in [5.41, 5.74) is 0.752. The molecule has 0 aliphatic heterocycles. The molecule has 2 rings (SSSR count). The molecule has 1 heterocycles. The molecule has 0 spiro atoms. The summed E-state index contributed by atoms with van der Waals surface area (Å²) in [6.45, 7) is 10.4. The fourth-order valence-corrected chi connectivity index (χ4v) is 2.60. The highest BCUT2D eigenvalue weighted by Crippen LogP contribution is 2.29. The molecule has 0 saturated heterocycles. The largest absolute Gasteiger partial charge is 0.379 e. The molecule has 0 radical (unpaired) electrons. The quantitative estimate of drug-likeness (QED) is 0.841. The third-order valence-electron chi connectivity index (χ3n) is 4.94. The van der Waals surface area contributed by atoms with Gasteiger partial charge in [0.15, 0.2) is 0 Å². The molecule has 1 N–H and O–H groups in total. The van der Waals surface area contributed by atoms with Gasteiger partial charge in [0, 0.05) is 13.1 Å². The Labute approximate surface area is 135 Å². The first-order chi connectivity index (χ1) is 9.81. The number of nitrogens with one attached hydrogen (secondary N) is 1. The van der Waals surface area contributed by atoms with Crippen LogP contribution >= 0.6 is 15.9 Å². The van der Waals surface area contributed by atoms with E-state index in [1.807, 2.05) is 0 Å². The van der Waals surface area contributed by atoms with E-state index in [0.29, 0.717) is 17.5 Å². The molecule has 0 atom stereocenters. The standard InChI is InChI=1S/C16H26BrN3O/c1-11(2)16(3,4)10-18-14-13(17)8-19-20(15(14)21)9-12-6-5-7-12/h8,11-12,18H,5-7,9-10H2,1-4H3. The van der Waals surface area contributed by atoms with Crippen LogP contribution in [0.4, 0.5) is 5.69 Å². The maximum absolute atomic E-state index is 12.6. The number of hydrogen-bond acceptors (Lipinski definition) is 3. The summed E-state index contributed by atoms with van der Waals surface area (Å²) >= 11 is 3.45. The Morgan fingerprint density at radius 3 is 2.67 bits per heavy atom. The number of hydrogen-bond donors (Lipinski definition) is 1. The molecule has 0 aromatic carbocycles. The zero-order chi connectivity index (χ0) is 15.6. The summed E-state index contributed by atoms with van der Waals surface area (Å²) < 4.78 is 2.36. The lowest BCUT2D eigenvalue weighted by Crippen LogP contribution is -2.34. The summed E-state index contributed by atoms with van der Waals surface area (Å²) in [7, 11) is 0. The fraction of sp³-hybridized carbons (Fsp3) is 0.750. The molecule has 1 aliphatic rings. The predicted molar refractivity (Wildman–Crippen MR) is 90.6 cm³/mol. The summed E-state index contributed by atoms with van der Waals surface area (Å²) in [4.78, 5) is 12.6. The van der Waals surface area contributed by atoms with Crippen molar-refractivity contribution in [2.45, 2.75) is 53.5 Å². The first-order valence-corrected chi connectivity index (χ1v) is 8.60. The van der Waals surface area contributed by atoms with E-state index in [2.05, 4.69) is 54.0 Å². The molecular formula is C16H26BrN3O. The van der Waals surface area contributed by atoms with E-state index >= 15 is 0 Å². The van der Waals surface area contributed by atoms with Gasteiger partial charge in [0.05, 0.1) is 10.7 Å². The van der Waals surface area contributed by atoms with Crippen LogP contribution in [0, 0.1) is 17.3 Å². The second-order valence-corrected chi connectivity index (χ2v) is 8.00. The van der Waals surface area contributed by atoms with Crippen LogP contribution in [-0.2, 0) is 6.54 Å². The van der Waals surface area contributed by atoms with E-state index in [1.165, 1.54) is 19.3 Å². The Morgan fingerprint density at radius 2 is 2.14 bits per heavy atom. The van der Waals surface area contributed by atoms with Crippen LogP contribution in [-0.4, -0.2) is 16.3 Å². The molecule has 0 amide bonds. The monoisotopic (exact) mass is 355 g/mol. The van der Waals surface area contributed by atoms with Gasteiger partial charge in [0.1, 0.15) is 5.69 Å². The van der Waals surface area contributed by atoms with E-state index < -0.39 is 0 Å². The average molecular weight is 356 g/mol. The van der Waals surface area contributed by atoms with Crippen LogP contribution in [0.2, 0.25) is 0 Å². The van der Waals surface area contributed by atoms with Gasteiger partial charge in [-0.15, -0.1) is 0 Å². The highest BCUT2D eigenvalue weighted by atomic mass is 79.9. The van der Waals surface area contributed by atoms with Crippen molar-refractivity contribution < 1.29 is 0 Å². The molecule has 1 aromatic heterocycles. The molecule has 118 valence electrons. The van der Waals surface area contributed by atoms with Crippen LogP contribution in [0.5, 0.6) is 0 Å². The van der Waals surface area contributed by atoms with Crippen LogP contribution < -0.4 is 10.9 Å². The molecule has 1 aromatic rings. The van der Waals surface area contributed by atoms with Crippen molar-refractivity contribution in [3.05, 3.63) is 21.0 Å². The molecule has 21 heavy (non-hydrogen) atoms. The van der Waals surface area contributed by atoms with Crippen molar-refractivity contribution >= 4 is 21.6 Å². The van der Waals surface area contributed by atoms with Crippen molar-refractivity contribution in [1.82, 2.24) is 9.78 Å². The van der Waals surface area contributed by atoms with Crippen molar-refractivity contribution in [3.8, 4) is 0 Å². The summed E-state index contributed by atoms with van der Waals surface area (Å²) in [6, 6.07) is 0. The summed E-state index contributed by atoms with van der Waals surface area (Å²) in [5.74, 6) is 1.17. The highest BCUT2D eigenvalue weighted by Gasteiger charge is 2.24. The van der Waals surface area contributed by atoms with E-state index in [9.17, 15) is 4.79 Å². The number of aromatic nitrogens is 2. The van der Waals surface area contributed by atoms with Gasteiger partial charge in [-0.1, -0.05) is 34.1 Å². The molecule has 1 fully saturated rings. The van der Waals surface area contributed by atoms with Gasteiger partial charge in [-0.05, 0) is 46.0 Å². The Balaban J connectivity index is 2.14. The van der Waals surface area contributed by atoms with E-state index in [1.54, 1.807) is 10.9 Å². The summed E-state index contributed by atoms with van der Waals surface area (Å²) in [6.07, 6.45) is 5.44. The molecule has 5 heteroatoms. The molecular weight excluding hydrogens is 330 g/mol. The Morgan fingerprint density at radius 1 is 1.48 bits per heavy atom. The topological polar surface area (TPSA) is 46.9 Å². The minimum absolute atomic E-state index is 0.0177. The Bertz CT molecular complexity index is 547. The van der Waals surface area contributed by atoms with Crippen LogP contribution in [0.15, 0.2) is 15.5 Å². The third-order valence-corrected chi connectivity index (χ3v) is 5.54. The highest BCUT2D eigenvalue weighted by molar-refractivity contribution is 9.10. The van der Waals surface area contributed by atoms with Gasteiger partial charge in [0.2, 0.25) is 0 Å². The van der Waals surface area contributed by atoms with Gasteiger partial charge >= 0.3 is 0 Å². The first kappa shape index (κ1) is 16.5. The van der Waals surface area contributed by atoms with Crippen LogP contribution in [0.3, 0.4) is 0 Å². The Hall–Kier alpha value is -0.840. The molecule has 0 unspecified atom stereocenters. The maximum atomic E-state index is 12.6. The molecule has 0 bridgehead atoms. The van der Waals surface area contributed by atoms with Crippen molar-refractivity contribution in [3.63, 3.8) is 0 Å². The SMILES string of the molecule is CC(C)C(C)(C)CNc1c(Br)cnn(CC2CCC2)c1=O. The van der Waals surface area contributed by atoms with Gasteiger partial charge in [-0.25, -0.2) is 4.68 Å². The zero-order valence-corrected chi connectivity index (χ0v) is 15.0. The fourth-order valence-electron chi connectivity index (χ4n) is 2.20. The van der Waals surface area contributed by atoms with Gasteiger partial charge in [0.25, 0.3) is 5.56 Å². The minimum atomic E-state index is -0.0177.